The monoisotopic (exact) mass is 320 g/mol. The fraction of sp³-hybridized carbons (Fsp3) is 0.667. The predicted molar refractivity (Wildman–Crippen MR) is 66.9 cm³/mol. The Balaban J connectivity index is 1.60. The highest BCUT2D eigenvalue weighted by atomic mass is 79.9. The normalized spacial score (nSPS) is 55.9. The quantitative estimate of drug-likeness (QED) is 0.504. The number of anilines is 1. The van der Waals surface area contributed by atoms with Crippen molar-refractivity contribution in [2.75, 3.05) is 5.73 Å². The first-order valence-corrected chi connectivity index (χ1v) is 7.37. The number of rotatable bonds is 2. The molecule has 0 radical (unpaired) electrons. The topological polar surface area (TPSA) is 94.9 Å². The van der Waals surface area contributed by atoms with E-state index >= 15 is 0 Å². The van der Waals surface area contributed by atoms with Crippen LogP contribution in [0.4, 0.5) is 11.5 Å². The Bertz CT molecular complexity index is 669. The number of nitrogen functional groups attached to an aromatic ring is 1. The van der Waals surface area contributed by atoms with Gasteiger partial charge < -0.3 is 5.73 Å². The molecule has 0 amide bonds. The smallest absolute Gasteiger partial charge is 0.333 e. The van der Waals surface area contributed by atoms with E-state index in [4.69, 9.17) is 5.73 Å². The largest absolute Gasteiger partial charge is 0.378 e. The second-order valence-electron chi connectivity index (χ2n) is 6.65. The molecule has 0 aromatic carbocycles. The summed E-state index contributed by atoms with van der Waals surface area (Å²) in [5, 5.41) is 11.3. The van der Waals surface area contributed by atoms with Crippen molar-refractivity contribution >= 4 is 27.4 Å². The van der Waals surface area contributed by atoms with Gasteiger partial charge in [-0.3, -0.25) is 10.1 Å². The fourth-order valence-corrected chi connectivity index (χ4v) is 7.20. The Morgan fingerprint density at radius 1 is 1.16 bits per heavy atom. The zero-order valence-corrected chi connectivity index (χ0v) is 11.2. The van der Waals surface area contributed by atoms with Gasteiger partial charge in [-0.15, -0.1) is 0 Å². The molecule has 6 nitrogen and oxygen atoms in total. The van der Waals surface area contributed by atoms with Crippen molar-refractivity contribution in [3.8, 4) is 0 Å². The summed E-state index contributed by atoms with van der Waals surface area (Å²) >= 11 is 3.23. The van der Waals surface area contributed by atoms with Crippen molar-refractivity contribution in [1.29, 1.82) is 0 Å². The van der Waals surface area contributed by atoms with Crippen molar-refractivity contribution in [3.05, 3.63) is 20.5 Å². The molecule has 1 heterocycles. The van der Waals surface area contributed by atoms with Crippen LogP contribution in [0.5, 0.6) is 0 Å². The minimum atomic E-state index is -0.404. The average Bonchev–Trinajstić information content (AvgIpc) is 2.37. The Hall–Kier alpha value is -1.24. The lowest BCUT2D eigenvalue weighted by atomic mass is 8.96. The Kier molecular flexibility index (Phi) is 1.15. The highest BCUT2D eigenvalue weighted by Crippen LogP contribution is 3.05. The van der Waals surface area contributed by atoms with Crippen LogP contribution in [-0.2, 0) is 5.41 Å². The molecule has 0 spiro atoms. The first kappa shape index (κ1) is 9.63. The van der Waals surface area contributed by atoms with Gasteiger partial charge in [-0.05, 0) is 57.4 Å². The summed E-state index contributed by atoms with van der Waals surface area (Å²) in [6.45, 7) is 0. The van der Waals surface area contributed by atoms with Crippen LogP contribution in [0.25, 0.3) is 0 Å². The second-order valence-corrected chi connectivity index (χ2v) is 7.36. The molecule has 1 aromatic rings. The van der Waals surface area contributed by atoms with E-state index in [1.807, 2.05) is 0 Å². The molecule has 7 heteroatoms. The summed E-state index contributed by atoms with van der Waals surface area (Å²) in [5.41, 5.74) is 6.35. The van der Waals surface area contributed by atoms with E-state index in [1.165, 1.54) is 0 Å². The minimum Gasteiger partial charge on any atom is -0.378 e. The lowest BCUT2D eigenvalue weighted by molar-refractivity contribution is -0.583. The van der Waals surface area contributed by atoms with Crippen molar-refractivity contribution in [2.45, 2.75) is 5.41 Å². The summed E-state index contributed by atoms with van der Waals surface area (Å²) < 4.78 is 0.374. The highest BCUT2D eigenvalue weighted by molar-refractivity contribution is 9.10. The Labute approximate surface area is 116 Å². The number of hydrogen-bond acceptors (Lipinski definition) is 5. The number of nitrogens with two attached hydrogens (primary N) is 1. The van der Waals surface area contributed by atoms with E-state index in [1.54, 1.807) is 0 Å². The van der Waals surface area contributed by atoms with E-state index in [0.29, 0.717) is 28.2 Å². The third-order valence-corrected chi connectivity index (χ3v) is 7.31. The molecule has 0 atom stereocenters. The number of halogens is 1. The van der Waals surface area contributed by atoms with E-state index in [9.17, 15) is 10.1 Å². The molecule has 6 aliphatic rings. The van der Waals surface area contributed by atoms with E-state index in [2.05, 4.69) is 25.9 Å². The van der Waals surface area contributed by atoms with E-state index in [0.717, 1.165) is 23.7 Å². The summed E-state index contributed by atoms with van der Waals surface area (Å²) in [7, 11) is 0. The van der Waals surface area contributed by atoms with Crippen molar-refractivity contribution in [1.82, 2.24) is 9.97 Å². The summed E-state index contributed by atoms with van der Waals surface area (Å²) in [4.78, 5) is 19.2. The Morgan fingerprint density at radius 2 is 1.74 bits per heavy atom. The fourth-order valence-electron chi connectivity index (χ4n) is 6.83. The molecule has 19 heavy (non-hydrogen) atoms. The minimum absolute atomic E-state index is 0.00412. The van der Waals surface area contributed by atoms with Gasteiger partial charge >= 0.3 is 5.69 Å². The maximum absolute atomic E-state index is 11.3. The molecular formula is C12H9BrN4O2. The molecule has 96 valence electrons. The van der Waals surface area contributed by atoms with Crippen molar-refractivity contribution < 1.29 is 4.92 Å². The highest BCUT2D eigenvalue weighted by Gasteiger charge is 3.05. The van der Waals surface area contributed by atoms with Crippen LogP contribution in [0, 0.1) is 51.5 Å². The molecular weight excluding hydrogens is 312 g/mol. The van der Waals surface area contributed by atoms with Crippen LogP contribution < -0.4 is 5.73 Å². The molecule has 6 saturated carbocycles. The SMILES string of the molecule is Nc1nc(Br)nc(C23C4C5C6C4C2C6C53)c1[N+](=O)[O-]. The van der Waals surface area contributed by atoms with Gasteiger partial charge in [0, 0.05) is 5.41 Å². The zero-order chi connectivity index (χ0) is 12.8. The summed E-state index contributed by atoms with van der Waals surface area (Å²) in [5.74, 6) is 5.53. The van der Waals surface area contributed by atoms with Crippen LogP contribution in [0.3, 0.4) is 0 Å². The maximum atomic E-state index is 11.3. The van der Waals surface area contributed by atoms with Crippen molar-refractivity contribution in [3.63, 3.8) is 0 Å². The van der Waals surface area contributed by atoms with Gasteiger partial charge in [0.25, 0.3) is 0 Å². The van der Waals surface area contributed by atoms with Crippen LogP contribution in [-0.4, -0.2) is 14.9 Å². The first-order chi connectivity index (χ1) is 9.10. The summed E-state index contributed by atoms with van der Waals surface area (Å²) in [6.07, 6.45) is 0. The van der Waals surface area contributed by atoms with Gasteiger partial charge in [-0.25, -0.2) is 4.98 Å². The van der Waals surface area contributed by atoms with E-state index in [-0.39, 0.29) is 16.9 Å². The standard InChI is InChI=1S/C12H9BrN4O2/c13-11-15-9(8(17(18)19)10(14)16-11)12-5-2-1-3(5)7(12)4(1)6(2)12/h1-7H,(H2,14,15,16). The van der Waals surface area contributed by atoms with Gasteiger partial charge in [0.05, 0.1) is 4.92 Å². The lowest BCUT2D eigenvalue weighted by Gasteiger charge is -3.07. The molecule has 0 bridgehead atoms. The maximum Gasteiger partial charge on any atom is 0.333 e. The lowest BCUT2D eigenvalue weighted by Crippen LogP contribution is -3.07. The molecule has 7 rings (SSSR count). The molecule has 6 aliphatic carbocycles. The van der Waals surface area contributed by atoms with Crippen LogP contribution >= 0.6 is 15.9 Å². The van der Waals surface area contributed by atoms with Gasteiger partial charge in [0.1, 0.15) is 5.69 Å². The molecule has 0 aliphatic heterocycles. The number of hydrogen-bond donors (Lipinski definition) is 1. The number of aromatic nitrogens is 2. The predicted octanol–water partition coefficient (Wildman–Crippen LogP) is 1.35. The zero-order valence-electron chi connectivity index (χ0n) is 9.65. The van der Waals surface area contributed by atoms with Crippen LogP contribution in [0.1, 0.15) is 5.69 Å². The molecule has 0 saturated heterocycles. The molecule has 1 aromatic heterocycles. The van der Waals surface area contributed by atoms with Crippen molar-refractivity contribution in [2.24, 2.45) is 41.4 Å². The molecule has 6 fully saturated rings. The number of nitro groups is 1. The number of nitrogens with zero attached hydrogens (tertiary/aromatic N) is 3. The van der Waals surface area contributed by atoms with Gasteiger partial charge in [0.15, 0.2) is 4.73 Å². The molecule has 0 unspecified atom stereocenters. The third-order valence-electron chi connectivity index (χ3n) is 6.95. The van der Waals surface area contributed by atoms with Gasteiger partial charge in [-0.2, -0.15) is 4.98 Å². The summed E-state index contributed by atoms with van der Waals surface area (Å²) in [6, 6.07) is 0. The average molecular weight is 321 g/mol. The Morgan fingerprint density at radius 3 is 2.26 bits per heavy atom. The van der Waals surface area contributed by atoms with E-state index < -0.39 is 4.92 Å². The third kappa shape index (κ3) is 0.589. The van der Waals surface area contributed by atoms with Gasteiger partial charge in [-0.1, -0.05) is 0 Å². The molecule has 2 N–H and O–H groups in total. The van der Waals surface area contributed by atoms with Crippen LogP contribution in [0.15, 0.2) is 4.73 Å². The second kappa shape index (κ2) is 2.28. The van der Waals surface area contributed by atoms with Crippen LogP contribution in [0.2, 0.25) is 0 Å². The first-order valence-electron chi connectivity index (χ1n) is 6.58. The van der Waals surface area contributed by atoms with Gasteiger partial charge in [0.2, 0.25) is 5.82 Å².